The van der Waals surface area contributed by atoms with E-state index >= 15 is 0 Å². The lowest BCUT2D eigenvalue weighted by Crippen LogP contribution is -2.14. The quantitative estimate of drug-likeness (QED) is 0.573. The maximum Gasteiger partial charge on any atom is 0.331 e. The number of hydrogen-bond donors (Lipinski definition) is 1. The largest absolute Gasteiger partial charge is 0.331 e. The Morgan fingerprint density at radius 1 is 1.05 bits per heavy atom. The van der Waals surface area contributed by atoms with Crippen LogP contribution in [0.4, 0.5) is 0 Å². The predicted molar refractivity (Wildman–Crippen MR) is 78.2 cm³/mol. The van der Waals surface area contributed by atoms with Gasteiger partial charge in [0.25, 0.3) is 0 Å². The summed E-state index contributed by atoms with van der Waals surface area (Å²) in [7, 11) is 1.89. The molecule has 2 aromatic carbocycles. The highest BCUT2D eigenvalue weighted by Crippen LogP contribution is 2.23. The molecule has 0 atom stereocenters. The van der Waals surface area contributed by atoms with Crippen LogP contribution in [0.15, 0.2) is 53.5 Å². The molecule has 0 aliphatic rings. The van der Waals surface area contributed by atoms with Crippen LogP contribution in [0.2, 0.25) is 0 Å². The van der Waals surface area contributed by atoms with Crippen LogP contribution in [0, 0.1) is 0 Å². The van der Waals surface area contributed by atoms with Crippen LogP contribution in [0.1, 0.15) is 0 Å². The van der Waals surface area contributed by atoms with Gasteiger partial charge in [0.15, 0.2) is 0 Å². The molecule has 4 aromatic rings. The van der Waals surface area contributed by atoms with Crippen molar-refractivity contribution < 1.29 is 0 Å². The fraction of sp³-hybridized carbons (Fsp3) is 0.0667. The average Bonchev–Trinajstić information content (AvgIpc) is 2.99. The van der Waals surface area contributed by atoms with Crippen molar-refractivity contribution in [3.05, 3.63) is 59.1 Å². The zero-order valence-electron chi connectivity index (χ0n) is 10.9. The molecule has 0 fully saturated rings. The molecule has 0 aliphatic heterocycles. The van der Waals surface area contributed by atoms with Crippen molar-refractivity contribution in [3.8, 4) is 5.69 Å². The Bertz CT molecular complexity index is 990. The third-order valence-corrected chi connectivity index (χ3v) is 3.60. The van der Waals surface area contributed by atoms with E-state index in [0.29, 0.717) is 0 Å². The molecule has 0 radical (unpaired) electrons. The van der Waals surface area contributed by atoms with E-state index in [1.54, 1.807) is 15.4 Å². The Hall–Kier alpha value is -2.82. The molecular formula is C15H12N4O. The molecule has 0 aliphatic carbocycles. The minimum absolute atomic E-state index is 0.137. The van der Waals surface area contributed by atoms with Gasteiger partial charge in [-0.1, -0.05) is 18.2 Å². The van der Waals surface area contributed by atoms with Gasteiger partial charge in [-0.15, -0.1) is 0 Å². The lowest BCUT2D eigenvalue weighted by atomic mass is 10.2. The highest BCUT2D eigenvalue weighted by Gasteiger charge is 2.12. The number of aromatic amines is 1. The first-order valence-corrected chi connectivity index (χ1v) is 6.36. The van der Waals surface area contributed by atoms with Gasteiger partial charge in [0.05, 0.1) is 28.4 Å². The van der Waals surface area contributed by atoms with E-state index in [1.165, 1.54) is 0 Å². The van der Waals surface area contributed by atoms with Gasteiger partial charge in [-0.05, 0) is 24.3 Å². The number of aromatic nitrogens is 4. The van der Waals surface area contributed by atoms with Crippen LogP contribution in [-0.2, 0) is 7.05 Å². The number of aryl methyl sites for hydroxylation is 1. The zero-order chi connectivity index (χ0) is 13.7. The number of hydrogen-bond acceptors (Lipinski definition) is 2. The Kier molecular flexibility index (Phi) is 2.12. The third kappa shape index (κ3) is 1.37. The second kappa shape index (κ2) is 3.84. The lowest BCUT2D eigenvalue weighted by molar-refractivity contribution is 0.797. The summed E-state index contributed by atoms with van der Waals surface area (Å²) in [6, 6.07) is 13.5. The van der Waals surface area contributed by atoms with Crippen molar-refractivity contribution in [2.24, 2.45) is 7.05 Å². The fourth-order valence-electron chi connectivity index (χ4n) is 2.65. The van der Waals surface area contributed by atoms with Crippen LogP contribution in [-0.4, -0.2) is 19.3 Å². The molecule has 20 heavy (non-hydrogen) atoms. The summed E-state index contributed by atoms with van der Waals surface area (Å²) in [6.07, 6.45) is 1.79. The number of H-pyrrole nitrogens is 1. The zero-order valence-corrected chi connectivity index (χ0v) is 10.9. The first-order valence-electron chi connectivity index (χ1n) is 6.36. The molecule has 5 nitrogen and oxygen atoms in total. The molecule has 2 aromatic heterocycles. The Labute approximate surface area is 114 Å². The van der Waals surface area contributed by atoms with Crippen LogP contribution in [0.5, 0.6) is 0 Å². The summed E-state index contributed by atoms with van der Waals surface area (Å²) in [5.74, 6) is 0. The molecule has 98 valence electrons. The molecular weight excluding hydrogens is 252 g/mol. The summed E-state index contributed by atoms with van der Waals surface area (Å²) in [4.78, 5) is 15.1. The standard InChI is InChI=1S/C15H12N4O/c1-18-12-7-4-8-13(10(12)9-16-18)19-14-6-3-2-5-11(14)17-15(19)20/h2-9H,1H3,(H,17,20). The number of benzene rings is 2. The number of nitrogens with zero attached hydrogens (tertiary/aromatic N) is 3. The molecule has 5 heteroatoms. The van der Waals surface area contributed by atoms with E-state index < -0.39 is 0 Å². The Morgan fingerprint density at radius 2 is 1.85 bits per heavy atom. The Morgan fingerprint density at radius 3 is 2.75 bits per heavy atom. The van der Waals surface area contributed by atoms with Crippen LogP contribution in [0.25, 0.3) is 27.6 Å². The second-order valence-electron chi connectivity index (χ2n) is 4.76. The molecule has 0 saturated heterocycles. The van der Waals surface area contributed by atoms with Gasteiger partial charge in [-0.3, -0.25) is 9.25 Å². The van der Waals surface area contributed by atoms with Gasteiger partial charge in [0, 0.05) is 12.4 Å². The molecule has 0 unspecified atom stereocenters. The van der Waals surface area contributed by atoms with E-state index in [4.69, 9.17) is 0 Å². The average molecular weight is 264 g/mol. The molecule has 2 heterocycles. The van der Waals surface area contributed by atoms with Crippen molar-refractivity contribution in [3.63, 3.8) is 0 Å². The van der Waals surface area contributed by atoms with E-state index in [2.05, 4.69) is 10.1 Å². The summed E-state index contributed by atoms with van der Waals surface area (Å²) < 4.78 is 3.50. The smallest absolute Gasteiger partial charge is 0.305 e. The van der Waals surface area contributed by atoms with Crippen LogP contribution >= 0.6 is 0 Å². The molecule has 0 saturated carbocycles. The highest BCUT2D eigenvalue weighted by molar-refractivity contribution is 5.90. The second-order valence-corrected chi connectivity index (χ2v) is 4.76. The van der Waals surface area contributed by atoms with E-state index in [1.807, 2.05) is 49.5 Å². The minimum Gasteiger partial charge on any atom is -0.305 e. The van der Waals surface area contributed by atoms with E-state index in [0.717, 1.165) is 27.6 Å². The predicted octanol–water partition coefficient (Wildman–Crippen LogP) is 2.21. The number of nitrogens with one attached hydrogen (secondary N) is 1. The summed E-state index contributed by atoms with van der Waals surface area (Å²) in [6.45, 7) is 0. The molecule has 4 rings (SSSR count). The molecule has 1 N–H and O–H groups in total. The number of fused-ring (bicyclic) bond motifs is 2. The van der Waals surface area contributed by atoms with Crippen molar-refractivity contribution in [2.45, 2.75) is 0 Å². The van der Waals surface area contributed by atoms with E-state index in [9.17, 15) is 4.79 Å². The highest BCUT2D eigenvalue weighted by atomic mass is 16.1. The topological polar surface area (TPSA) is 55.6 Å². The maximum atomic E-state index is 12.3. The van der Waals surface area contributed by atoms with Gasteiger partial charge >= 0.3 is 5.69 Å². The number of rotatable bonds is 1. The van der Waals surface area contributed by atoms with Gasteiger partial charge in [0.1, 0.15) is 0 Å². The van der Waals surface area contributed by atoms with Crippen molar-refractivity contribution in [2.75, 3.05) is 0 Å². The minimum atomic E-state index is -0.137. The molecule has 0 amide bonds. The summed E-state index contributed by atoms with van der Waals surface area (Å²) in [5, 5.41) is 5.23. The SMILES string of the molecule is Cn1ncc2c(-n3c(=O)[nH]c4ccccc43)cccc21. The first-order chi connectivity index (χ1) is 9.75. The van der Waals surface area contributed by atoms with Crippen molar-refractivity contribution in [1.82, 2.24) is 19.3 Å². The lowest BCUT2D eigenvalue weighted by Gasteiger charge is -2.05. The molecule has 0 spiro atoms. The van der Waals surface area contributed by atoms with E-state index in [-0.39, 0.29) is 5.69 Å². The normalized spacial score (nSPS) is 11.4. The number of para-hydroxylation sites is 2. The van der Waals surface area contributed by atoms with Crippen molar-refractivity contribution in [1.29, 1.82) is 0 Å². The molecule has 0 bridgehead atoms. The summed E-state index contributed by atoms with van der Waals surface area (Å²) >= 11 is 0. The number of imidazole rings is 1. The third-order valence-electron chi connectivity index (χ3n) is 3.60. The van der Waals surface area contributed by atoms with Gasteiger partial charge in [0.2, 0.25) is 0 Å². The Balaban J connectivity index is 2.17. The maximum absolute atomic E-state index is 12.3. The van der Waals surface area contributed by atoms with Gasteiger partial charge in [-0.25, -0.2) is 4.79 Å². The van der Waals surface area contributed by atoms with Crippen LogP contribution in [0.3, 0.4) is 0 Å². The van der Waals surface area contributed by atoms with Crippen molar-refractivity contribution >= 4 is 21.9 Å². The van der Waals surface area contributed by atoms with Gasteiger partial charge < -0.3 is 4.98 Å². The van der Waals surface area contributed by atoms with Crippen LogP contribution < -0.4 is 5.69 Å². The summed E-state index contributed by atoms with van der Waals surface area (Å²) in [5.41, 5.74) is 3.41. The monoisotopic (exact) mass is 264 g/mol. The fourth-order valence-corrected chi connectivity index (χ4v) is 2.65. The van der Waals surface area contributed by atoms with Gasteiger partial charge in [-0.2, -0.15) is 5.10 Å². The first kappa shape index (κ1) is 11.0.